The van der Waals surface area contributed by atoms with Gasteiger partial charge >= 0.3 is 0 Å². The molecule has 0 saturated heterocycles. The lowest BCUT2D eigenvalue weighted by molar-refractivity contribution is 0.102. The van der Waals surface area contributed by atoms with Gasteiger partial charge in [-0.2, -0.15) is 0 Å². The number of rotatable bonds is 3. The SMILES string of the molecule is Cc1cc(NC(=O)c2ccc(NN)nc2)ccc1Br. The van der Waals surface area contributed by atoms with Crippen molar-refractivity contribution in [2.75, 3.05) is 10.7 Å². The number of carbonyl (C=O) groups excluding carboxylic acids is 1. The number of halogens is 1. The molecule has 0 bridgehead atoms. The van der Waals surface area contributed by atoms with Crippen molar-refractivity contribution < 1.29 is 4.79 Å². The van der Waals surface area contributed by atoms with Crippen molar-refractivity contribution in [3.05, 3.63) is 52.1 Å². The molecule has 2 rings (SSSR count). The normalized spacial score (nSPS) is 10.1. The molecule has 0 saturated carbocycles. The molecule has 0 aliphatic heterocycles. The first-order chi connectivity index (χ1) is 9.10. The Morgan fingerprint density at radius 3 is 2.68 bits per heavy atom. The van der Waals surface area contributed by atoms with Gasteiger partial charge in [0.2, 0.25) is 0 Å². The highest BCUT2D eigenvalue weighted by atomic mass is 79.9. The number of benzene rings is 1. The summed E-state index contributed by atoms with van der Waals surface area (Å²) >= 11 is 3.41. The molecule has 4 N–H and O–H groups in total. The van der Waals surface area contributed by atoms with Crippen LogP contribution in [0.5, 0.6) is 0 Å². The van der Waals surface area contributed by atoms with E-state index in [1.807, 2.05) is 25.1 Å². The molecular weight excluding hydrogens is 308 g/mol. The number of pyridine rings is 1. The Kier molecular flexibility index (Phi) is 4.13. The van der Waals surface area contributed by atoms with Gasteiger partial charge in [0.15, 0.2) is 0 Å². The average molecular weight is 321 g/mol. The van der Waals surface area contributed by atoms with Crippen LogP contribution in [0.1, 0.15) is 15.9 Å². The molecule has 1 aromatic carbocycles. The summed E-state index contributed by atoms with van der Waals surface area (Å²) in [5.41, 5.74) is 4.68. The van der Waals surface area contributed by atoms with Gasteiger partial charge in [-0.25, -0.2) is 10.8 Å². The zero-order valence-electron chi connectivity index (χ0n) is 10.3. The van der Waals surface area contributed by atoms with Crippen LogP contribution in [0.4, 0.5) is 11.5 Å². The molecule has 2 aromatic rings. The molecule has 0 aliphatic rings. The molecule has 0 atom stereocenters. The maximum absolute atomic E-state index is 12.0. The van der Waals surface area contributed by atoms with Crippen molar-refractivity contribution in [1.29, 1.82) is 0 Å². The fraction of sp³-hybridized carbons (Fsp3) is 0.0769. The maximum atomic E-state index is 12.0. The number of hydrogen-bond acceptors (Lipinski definition) is 4. The summed E-state index contributed by atoms with van der Waals surface area (Å²) in [5.74, 6) is 5.51. The largest absolute Gasteiger partial charge is 0.322 e. The summed E-state index contributed by atoms with van der Waals surface area (Å²) in [6.07, 6.45) is 1.47. The predicted octanol–water partition coefficient (Wildman–Crippen LogP) is 2.69. The van der Waals surface area contributed by atoms with Crippen molar-refractivity contribution in [3.63, 3.8) is 0 Å². The monoisotopic (exact) mass is 320 g/mol. The van der Waals surface area contributed by atoms with Crippen LogP contribution >= 0.6 is 15.9 Å². The summed E-state index contributed by atoms with van der Waals surface area (Å²) in [4.78, 5) is 16.0. The van der Waals surface area contributed by atoms with Crippen LogP contribution in [0, 0.1) is 6.92 Å². The Labute approximate surface area is 119 Å². The van der Waals surface area contributed by atoms with Gasteiger partial charge in [-0.3, -0.25) is 4.79 Å². The molecule has 0 aliphatic carbocycles. The first-order valence-electron chi connectivity index (χ1n) is 5.60. The molecule has 0 radical (unpaired) electrons. The molecule has 98 valence electrons. The molecule has 5 nitrogen and oxygen atoms in total. The highest BCUT2D eigenvalue weighted by Crippen LogP contribution is 2.20. The van der Waals surface area contributed by atoms with Gasteiger partial charge in [0.1, 0.15) is 5.82 Å². The summed E-state index contributed by atoms with van der Waals surface area (Å²) in [6.45, 7) is 1.96. The van der Waals surface area contributed by atoms with Gasteiger partial charge in [-0.1, -0.05) is 15.9 Å². The van der Waals surface area contributed by atoms with Gasteiger partial charge in [0, 0.05) is 16.4 Å². The fourth-order valence-electron chi connectivity index (χ4n) is 1.54. The lowest BCUT2D eigenvalue weighted by atomic mass is 10.2. The van der Waals surface area contributed by atoms with E-state index in [1.165, 1.54) is 6.20 Å². The second-order valence-electron chi connectivity index (χ2n) is 3.99. The molecule has 0 fully saturated rings. The Balaban J connectivity index is 2.13. The van der Waals surface area contributed by atoms with Gasteiger partial charge in [0.25, 0.3) is 5.91 Å². The van der Waals surface area contributed by atoms with E-state index < -0.39 is 0 Å². The fourth-order valence-corrected chi connectivity index (χ4v) is 1.79. The Hall–Kier alpha value is -1.92. The van der Waals surface area contributed by atoms with E-state index in [9.17, 15) is 4.79 Å². The molecule has 1 heterocycles. The summed E-state index contributed by atoms with van der Waals surface area (Å²) in [6, 6.07) is 8.92. The second kappa shape index (κ2) is 5.81. The van der Waals surface area contributed by atoms with E-state index in [1.54, 1.807) is 12.1 Å². The third-order valence-electron chi connectivity index (χ3n) is 2.59. The minimum absolute atomic E-state index is 0.210. The van der Waals surface area contributed by atoms with E-state index in [4.69, 9.17) is 5.84 Å². The van der Waals surface area contributed by atoms with E-state index in [0.717, 1.165) is 15.7 Å². The topological polar surface area (TPSA) is 80.0 Å². The summed E-state index contributed by atoms with van der Waals surface area (Å²) in [7, 11) is 0. The summed E-state index contributed by atoms with van der Waals surface area (Å²) < 4.78 is 1.01. The lowest BCUT2D eigenvalue weighted by Gasteiger charge is -2.07. The minimum atomic E-state index is -0.210. The zero-order valence-corrected chi connectivity index (χ0v) is 11.9. The van der Waals surface area contributed by atoms with Crippen LogP contribution in [-0.2, 0) is 0 Å². The van der Waals surface area contributed by atoms with Crippen molar-refractivity contribution in [2.45, 2.75) is 6.92 Å². The number of nitrogens with one attached hydrogen (secondary N) is 2. The number of hydrogen-bond donors (Lipinski definition) is 3. The second-order valence-corrected chi connectivity index (χ2v) is 4.85. The Morgan fingerprint density at radius 1 is 1.32 bits per heavy atom. The van der Waals surface area contributed by atoms with Crippen LogP contribution in [0.15, 0.2) is 41.0 Å². The number of carbonyl (C=O) groups is 1. The number of nitrogen functional groups attached to an aromatic ring is 1. The number of anilines is 2. The Bertz CT molecular complexity index is 598. The quantitative estimate of drug-likeness (QED) is 0.600. The molecular formula is C13H13BrN4O. The van der Waals surface area contributed by atoms with Crippen LogP contribution in [-0.4, -0.2) is 10.9 Å². The standard InChI is InChI=1S/C13H13BrN4O/c1-8-6-10(3-4-11(8)14)17-13(19)9-2-5-12(18-15)16-7-9/h2-7H,15H2,1H3,(H,16,18)(H,17,19). The van der Waals surface area contributed by atoms with Gasteiger partial charge in [-0.05, 0) is 42.8 Å². The number of nitrogens with two attached hydrogens (primary N) is 1. The molecule has 1 aromatic heterocycles. The van der Waals surface area contributed by atoms with E-state index >= 15 is 0 Å². The van der Waals surface area contributed by atoms with Gasteiger partial charge in [0.05, 0.1) is 5.56 Å². The zero-order chi connectivity index (χ0) is 13.8. The first kappa shape index (κ1) is 13.5. The van der Waals surface area contributed by atoms with Crippen molar-refractivity contribution in [3.8, 4) is 0 Å². The Morgan fingerprint density at radius 2 is 2.11 bits per heavy atom. The molecule has 0 spiro atoms. The number of nitrogens with zero attached hydrogens (tertiary/aromatic N) is 1. The lowest BCUT2D eigenvalue weighted by Crippen LogP contribution is -2.13. The number of aryl methyl sites for hydroxylation is 1. The van der Waals surface area contributed by atoms with Crippen LogP contribution in [0.2, 0.25) is 0 Å². The van der Waals surface area contributed by atoms with Crippen molar-refractivity contribution >= 4 is 33.3 Å². The van der Waals surface area contributed by atoms with Crippen molar-refractivity contribution in [1.82, 2.24) is 4.98 Å². The van der Waals surface area contributed by atoms with Gasteiger partial charge < -0.3 is 10.7 Å². The number of aromatic nitrogens is 1. The van der Waals surface area contributed by atoms with Crippen molar-refractivity contribution in [2.24, 2.45) is 5.84 Å². The average Bonchev–Trinajstić information content (AvgIpc) is 2.43. The molecule has 1 amide bonds. The first-order valence-corrected chi connectivity index (χ1v) is 6.39. The van der Waals surface area contributed by atoms with Gasteiger partial charge in [-0.15, -0.1) is 0 Å². The predicted molar refractivity (Wildman–Crippen MR) is 78.9 cm³/mol. The van der Waals surface area contributed by atoms with E-state index in [0.29, 0.717) is 11.4 Å². The molecule has 19 heavy (non-hydrogen) atoms. The van der Waals surface area contributed by atoms with E-state index in [-0.39, 0.29) is 5.91 Å². The smallest absolute Gasteiger partial charge is 0.257 e. The number of amides is 1. The number of hydrazine groups is 1. The summed E-state index contributed by atoms with van der Waals surface area (Å²) in [5, 5.41) is 2.81. The van der Waals surface area contributed by atoms with Crippen LogP contribution < -0.4 is 16.6 Å². The highest BCUT2D eigenvalue weighted by molar-refractivity contribution is 9.10. The van der Waals surface area contributed by atoms with Crippen LogP contribution in [0.25, 0.3) is 0 Å². The molecule has 6 heteroatoms. The highest BCUT2D eigenvalue weighted by Gasteiger charge is 2.07. The third-order valence-corrected chi connectivity index (χ3v) is 3.48. The van der Waals surface area contributed by atoms with E-state index in [2.05, 4.69) is 31.7 Å². The third kappa shape index (κ3) is 3.30. The molecule has 0 unspecified atom stereocenters. The van der Waals surface area contributed by atoms with Crippen LogP contribution in [0.3, 0.4) is 0 Å². The minimum Gasteiger partial charge on any atom is -0.322 e. The maximum Gasteiger partial charge on any atom is 0.257 e.